The monoisotopic (exact) mass is 113 g/mol. The van der Waals surface area contributed by atoms with Crippen molar-refractivity contribution in [1.82, 2.24) is 0 Å². The quantitative estimate of drug-likeness (QED) is 0.458. The molecule has 0 aromatic carbocycles. The van der Waals surface area contributed by atoms with Crippen molar-refractivity contribution in [3.8, 4) is 0 Å². The maximum atomic E-state index is 4.84. The van der Waals surface area contributed by atoms with Crippen LogP contribution in [-0.4, -0.2) is 5.75 Å². The Morgan fingerprint density at radius 1 is 1.71 bits per heavy atom. The standard InChI is InChI=1S/C6H9S/c7-5-6-3-1-2-4-6/h3H,1-2,4-5H2. The summed E-state index contributed by atoms with van der Waals surface area (Å²) in [7, 11) is 0. The molecule has 1 radical (unpaired) electrons. The Balaban J connectivity index is 2.36. The smallest absolute Gasteiger partial charge is 0.0247 e. The molecule has 0 spiro atoms. The summed E-state index contributed by atoms with van der Waals surface area (Å²) in [4.78, 5) is 0. The molecule has 1 aliphatic carbocycles. The zero-order valence-corrected chi connectivity index (χ0v) is 5.13. The molecule has 0 fully saturated rings. The van der Waals surface area contributed by atoms with Gasteiger partial charge in [-0.25, -0.2) is 0 Å². The molecule has 0 nitrogen and oxygen atoms in total. The van der Waals surface area contributed by atoms with Gasteiger partial charge in [0.2, 0.25) is 0 Å². The molecule has 0 heterocycles. The second kappa shape index (κ2) is 2.41. The third kappa shape index (κ3) is 1.23. The lowest BCUT2D eigenvalue weighted by Crippen LogP contribution is -1.74. The van der Waals surface area contributed by atoms with E-state index in [0.717, 1.165) is 5.75 Å². The highest BCUT2D eigenvalue weighted by Gasteiger charge is 1.99. The van der Waals surface area contributed by atoms with Crippen LogP contribution in [0.5, 0.6) is 0 Å². The van der Waals surface area contributed by atoms with Gasteiger partial charge in [-0.1, -0.05) is 24.3 Å². The molecular formula is C6H9S. The topological polar surface area (TPSA) is 0 Å². The van der Waals surface area contributed by atoms with Crippen molar-refractivity contribution in [2.24, 2.45) is 0 Å². The van der Waals surface area contributed by atoms with Crippen LogP contribution in [0, 0.1) is 0 Å². The SMILES string of the molecule is [S]CC1=CCCC1. The Labute approximate surface area is 50.0 Å². The highest BCUT2D eigenvalue weighted by molar-refractivity contribution is 7.80. The van der Waals surface area contributed by atoms with E-state index in [1.807, 2.05) is 0 Å². The van der Waals surface area contributed by atoms with Crippen LogP contribution < -0.4 is 0 Å². The minimum absolute atomic E-state index is 0.861. The first-order chi connectivity index (χ1) is 3.43. The van der Waals surface area contributed by atoms with Gasteiger partial charge in [0.25, 0.3) is 0 Å². The van der Waals surface area contributed by atoms with E-state index in [1.165, 1.54) is 24.8 Å². The normalized spacial score (nSPS) is 19.9. The fourth-order valence-electron chi connectivity index (χ4n) is 0.868. The molecule has 0 bridgehead atoms. The van der Waals surface area contributed by atoms with Crippen molar-refractivity contribution in [1.29, 1.82) is 0 Å². The summed E-state index contributed by atoms with van der Waals surface area (Å²) in [6, 6.07) is 0. The van der Waals surface area contributed by atoms with E-state index in [-0.39, 0.29) is 0 Å². The summed E-state index contributed by atoms with van der Waals surface area (Å²) in [6.45, 7) is 0. The van der Waals surface area contributed by atoms with Gasteiger partial charge in [0.15, 0.2) is 0 Å². The third-order valence-electron chi connectivity index (χ3n) is 1.32. The fraction of sp³-hybridized carbons (Fsp3) is 0.667. The minimum Gasteiger partial charge on any atom is -0.0894 e. The van der Waals surface area contributed by atoms with E-state index < -0.39 is 0 Å². The van der Waals surface area contributed by atoms with Gasteiger partial charge < -0.3 is 0 Å². The van der Waals surface area contributed by atoms with Crippen LogP contribution in [0.25, 0.3) is 0 Å². The largest absolute Gasteiger partial charge is 0.0894 e. The average Bonchev–Trinajstić information content (AvgIpc) is 2.14. The van der Waals surface area contributed by atoms with Crippen LogP contribution in [0.1, 0.15) is 19.3 Å². The first kappa shape index (κ1) is 5.23. The van der Waals surface area contributed by atoms with Crippen LogP contribution in [0.3, 0.4) is 0 Å². The highest BCUT2D eigenvalue weighted by atomic mass is 32.1. The summed E-state index contributed by atoms with van der Waals surface area (Å²) < 4.78 is 0. The fourth-order valence-corrected chi connectivity index (χ4v) is 1.13. The summed E-state index contributed by atoms with van der Waals surface area (Å²) in [5, 5.41) is 0. The second-order valence-corrected chi connectivity index (χ2v) is 2.19. The molecule has 0 amide bonds. The maximum Gasteiger partial charge on any atom is 0.0247 e. The van der Waals surface area contributed by atoms with Gasteiger partial charge in [-0.2, -0.15) is 0 Å². The number of rotatable bonds is 1. The van der Waals surface area contributed by atoms with Gasteiger partial charge in [0.05, 0.1) is 0 Å². The van der Waals surface area contributed by atoms with Gasteiger partial charge in [-0.15, -0.1) is 0 Å². The summed E-state index contributed by atoms with van der Waals surface area (Å²) in [5.41, 5.74) is 1.48. The lowest BCUT2D eigenvalue weighted by molar-refractivity contribution is 0.908. The Kier molecular flexibility index (Phi) is 1.80. The lowest BCUT2D eigenvalue weighted by Gasteiger charge is -1.87. The third-order valence-corrected chi connectivity index (χ3v) is 1.69. The molecule has 0 aromatic heterocycles. The van der Waals surface area contributed by atoms with Gasteiger partial charge in [0.1, 0.15) is 0 Å². The molecule has 0 unspecified atom stereocenters. The predicted octanol–water partition coefficient (Wildman–Crippen LogP) is 2.29. The predicted molar refractivity (Wildman–Crippen MR) is 34.4 cm³/mol. The molecule has 0 saturated heterocycles. The minimum atomic E-state index is 0.861. The van der Waals surface area contributed by atoms with Crippen molar-refractivity contribution in [3.63, 3.8) is 0 Å². The summed E-state index contributed by atoms with van der Waals surface area (Å²) >= 11 is 4.84. The summed E-state index contributed by atoms with van der Waals surface area (Å²) in [5.74, 6) is 0.861. The Bertz CT molecular complexity index is 84.2. The molecule has 0 saturated carbocycles. The Morgan fingerprint density at radius 3 is 2.86 bits per heavy atom. The van der Waals surface area contributed by atoms with Crippen molar-refractivity contribution in [3.05, 3.63) is 11.6 Å². The van der Waals surface area contributed by atoms with E-state index in [9.17, 15) is 0 Å². The van der Waals surface area contributed by atoms with Crippen LogP contribution in [0.4, 0.5) is 0 Å². The molecular weight excluding hydrogens is 104 g/mol. The van der Waals surface area contributed by atoms with E-state index in [2.05, 4.69) is 6.08 Å². The molecule has 0 atom stereocenters. The molecule has 39 valence electrons. The molecule has 1 heteroatoms. The highest BCUT2D eigenvalue weighted by Crippen LogP contribution is 2.17. The van der Waals surface area contributed by atoms with Crippen LogP contribution >= 0.6 is 12.6 Å². The van der Waals surface area contributed by atoms with Crippen molar-refractivity contribution in [2.45, 2.75) is 19.3 Å². The van der Waals surface area contributed by atoms with E-state index in [0.29, 0.717) is 0 Å². The van der Waals surface area contributed by atoms with Gasteiger partial charge in [0, 0.05) is 5.75 Å². The molecule has 0 aliphatic heterocycles. The molecule has 0 N–H and O–H groups in total. The zero-order valence-electron chi connectivity index (χ0n) is 4.31. The zero-order chi connectivity index (χ0) is 5.11. The maximum absolute atomic E-state index is 4.84. The van der Waals surface area contributed by atoms with E-state index in [1.54, 1.807) is 0 Å². The molecule has 1 rings (SSSR count). The second-order valence-electron chi connectivity index (χ2n) is 1.90. The van der Waals surface area contributed by atoms with Crippen molar-refractivity contribution >= 4 is 12.6 Å². The first-order valence-corrected chi connectivity index (χ1v) is 3.27. The Morgan fingerprint density at radius 2 is 2.57 bits per heavy atom. The number of hydrogen-bond acceptors (Lipinski definition) is 0. The van der Waals surface area contributed by atoms with Gasteiger partial charge in [-0.3, -0.25) is 0 Å². The summed E-state index contributed by atoms with van der Waals surface area (Å²) in [6.07, 6.45) is 6.15. The van der Waals surface area contributed by atoms with Crippen molar-refractivity contribution < 1.29 is 0 Å². The van der Waals surface area contributed by atoms with Crippen molar-refractivity contribution in [2.75, 3.05) is 5.75 Å². The van der Waals surface area contributed by atoms with Gasteiger partial charge in [-0.05, 0) is 19.3 Å². The molecule has 7 heavy (non-hydrogen) atoms. The van der Waals surface area contributed by atoms with Crippen LogP contribution in [0.15, 0.2) is 11.6 Å². The number of hydrogen-bond donors (Lipinski definition) is 0. The van der Waals surface area contributed by atoms with E-state index >= 15 is 0 Å². The van der Waals surface area contributed by atoms with Crippen LogP contribution in [0.2, 0.25) is 0 Å². The average molecular weight is 113 g/mol. The Hall–Kier alpha value is 0.0900. The van der Waals surface area contributed by atoms with E-state index in [4.69, 9.17) is 12.6 Å². The molecule has 1 aliphatic rings. The first-order valence-electron chi connectivity index (χ1n) is 2.69. The van der Waals surface area contributed by atoms with Crippen LogP contribution in [-0.2, 0) is 0 Å². The molecule has 0 aromatic rings. The van der Waals surface area contributed by atoms with Gasteiger partial charge >= 0.3 is 0 Å². The lowest BCUT2D eigenvalue weighted by atomic mass is 10.3. The number of allylic oxidation sites excluding steroid dienone is 1.